The van der Waals surface area contributed by atoms with E-state index in [1.807, 2.05) is 47.4 Å². The number of carbonyl (C=O) groups is 2. The number of hydrogen-bond acceptors (Lipinski definition) is 5. The molecule has 3 aromatic rings. The summed E-state index contributed by atoms with van der Waals surface area (Å²) in [5.74, 6) is 1.62. The molecule has 0 bridgehead atoms. The summed E-state index contributed by atoms with van der Waals surface area (Å²) in [7, 11) is 0. The first-order chi connectivity index (χ1) is 18.0. The first-order valence-corrected chi connectivity index (χ1v) is 13.2. The summed E-state index contributed by atoms with van der Waals surface area (Å²) in [5, 5.41) is 16.2. The molecular weight excluding hydrogens is 464 g/mol. The van der Waals surface area contributed by atoms with Crippen LogP contribution in [0.3, 0.4) is 0 Å². The lowest BCUT2D eigenvalue weighted by Crippen LogP contribution is -2.43. The zero-order valence-corrected chi connectivity index (χ0v) is 20.8. The zero-order chi connectivity index (χ0) is 25.4. The van der Waals surface area contributed by atoms with Gasteiger partial charge in [-0.25, -0.2) is 4.98 Å². The summed E-state index contributed by atoms with van der Waals surface area (Å²) < 4.78 is 0. The molecule has 190 valence electrons. The Labute approximate surface area is 216 Å². The Kier molecular flexibility index (Phi) is 6.28. The molecule has 1 fully saturated rings. The summed E-state index contributed by atoms with van der Waals surface area (Å²) in [6.07, 6.45) is 3.51. The molecule has 0 saturated carbocycles. The smallest absolute Gasteiger partial charge is 0.303 e. The van der Waals surface area contributed by atoms with Crippen LogP contribution in [0.15, 0.2) is 60.7 Å². The molecule has 7 heteroatoms. The molecule has 3 N–H and O–H groups in total. The number of fused-ring (bicyclic) bond motifs is 4. The number of aliphatic carboxylic acids is 1. The molecule has 6 rings (SSSR count). The summed E-state index contributed by atoms with van der Waals surface area (Å²) in [6, 6.07) is 20.3. The molecule has 1 saturated heterocycles. The molecule has 1 amide bonds. The molecule has 2 unspecified atom stereocenters. The van der Waals surface area contributed by atoms with Gasteiger partial charge < -0.3 is 20.6 Å². The molecule has 0 spiro atoms. The molecule has 3 heterocycles. The van der Waals surface area contributed by atoms with Crippen molar-refractivity contribution in [3.8, 4) is 0 Å². The maximum atomic E-state index is 13.3. The second-order valence-corrected chi connectivity index (χ2v) is 10.5. The number of aryl methyl sites for hydroxylation is 1. The van der Waals surface area contributed by atoms with Gasteiger partial charge in [-0.15, -0.1) is 0 Å². The first-order valence-electron chi connectivity index (χ1n) is 13.2. The van der Waals surface area contributed by atoms with Crippen LogP contribution in [0, 0.1) is 5.92 Å². The normalized spacial score (nSPS) is 21.8. The van der Waals surface area contributed by atoms with Gasteiger partial charge in [0.2, 0.25) is 5.91 Å². The number of nitrogens with one attached hydrogen (secondary N) is 2. The fraction of sp³-hybridized carbons (Fsp3) is 0.367. The largest absolute Gasteiger partial charge is 0.481 e. The van der Waals surface area contributed by atoms with E-state index in [0.29, 0.717) is 19.5 Å². The Morgan fingerprint density at radius 2 is 1.95 bits per heavy atom. The fourth-order valence-electron chi connectivity index (χ4n) is 6.47. The number of rotatable bonds is 6. The van der Waals surface area contributed by atoms with Gasteiger partial charge in [0.1, 0.15) is 11.6 Å². The summed E-state index contributed by atoms with van der Waals surface area (Å²) in [5.41, 5.74) is 5.49. The van der Waals surface area contributed by atoms with Crippen LogP contribution in [0.1, 0.15) is 53.4 Å². The topological polar surface area (TPSA) is 94.6 Å². The number of likely N-dealkylation sites (tertiary alicyclic amines) is 1. The zero-order valence-electron chi connectivity index (χ0n) is 20.8. The number of benzene rings is 2. The van der Waals surface area contributed by atoms with Crippen molar-refractivity contribution in [1.29, 1.82) is 0 Å². The van der Waals surface area contributed by atoms with Crippen LogP contribution in [0.5, 0.6) is 0 Å². The van der Waals surface area contributed by atoms with Gasteiger partial charge in [-0.05, 0) is 71.6 Å². The lowest BCUT2D eigenvalue weighted by atomic mass is 9.80. The van der Waals surface area contributed by atoms with Crippen molar-refractivity contribution in [2.24, 2.45) is 5.92 Å². The van der Waals surface area contributed by atoms with Crippen LogP contribution >= 0.6 is 0 Å². The molecule has 2 aliphatic heterocycles. The first kappa shape index (κ1) is 23.5. The second kappa shape index (κ2) is 9.88. The van der Waals surface area contributed by atoms with Crippen LogP contribution in [-0.2, 0) is 22.4 Å². The lowest BCUT2D eigenvalue weighted by Gasteiger charge is -2.37. The number of aromatic nitrogens is 1. The standard InChI is InChI=1S/C30H32N4O3/c35-28(34-14-12-24-25(17-29(36)37)22-8-1-2-9-23(22)26(24)18-34)16-19-5-3-7-21(15-19)32-27-11-10-20-6-4-13-31-30(20)33-27/h1-3,5,7-11,15,24-26H,4,6,12-14,16-18H2,(H,36,37)(H2,31,32,33)/t24?,25-,26?/m1/s1. The number of hydrogen-bond donors (Lipinski definition) is 3. The lowest BCUT2D eigenvalue weighted by molar-refractivity contribution is -0.138. The Morgan fingerprint density at radius 1 is 1.08 bits per heavy atom. The van der Waals surface area contributed by atoms with Crippen molar-refractivity contribution in [3.05, 3.63) is 82.9 Å². The van der Waals surface area contributed by atoms with Crippen LogP contribution < -0.4 is 10.6 Å². The minimum Gasteiger partial charge on any atom is -0.481 e. The number of anilines is 3. The van der Waals surface area contributed by atoms with Gasteiger partial charge >= 0.3 is 5.97 Å². The predicted octanol–water partition coefficient (Wildman–Crippen LogP) is 4.93. The number of carboxylic acid groups (broad SMARTS) is 1. The predicted molar refractivity (Wildman–Crippen MR) is 143 cm³/mol. The van der Waals surface area contributed by atoms with E-state index in [4.69, 9.17) is 4.98 Å². The Bertz CT molecular complexity index is 1340. The Balaban J connectivity index is 1.13. The maximum absolute atomic E-state index is 13.3. The van der Waals surface area contributed by atoms with Gasteiger partial charge in [-0.1, -0.05) is 42.5 Å². The molecule has 2 aromatic carbocycles. The molecule has 1 aliphatic carbocycles. The summed E-state index contributed by atoms with van der Waals surface area (Å²) in [4.78, 5) is 31.6. The SMILES string of the molecule is O=C(O)C[C@@H]1c2ccccc2C2CN(C(=O)Cc3cccc(Nc4ccc5c(n4)NCCC5)c3)CCC21. The minimum atomic E-state index is -0.755. The molecule has 0 radical (unpaired) electrons. The highest BCUT2D eigenvalue weighted by molar-refractivity contribution is 5.79. The number of pyridine rings is 1. The Morgan fingerprint density at radius 3 is 2.81 bits per heavy atom. The van der Waals surface area contributed by atoms with Crippen molar-refractivity contribution in [3.63, 3.8) is 0 Å². The summed E-state index contributed by atoms with van der Waals surface area (Å²) in [6.45, 7) is 2.28. The molecular formula is C30H32N4O3. The second-order valence-electron chi connectivity index (χ2n) is 10.5. The molecule has 37 heavy (non-hydrogen) atoms. The average molecular weight is 497 g/mol. The van der Waals surface area contributed by atoms with Gasteiger partial charge in [0.15, 0.2) is 0 Å². The van der Waals surface area contributed by atoms with Crippen LogP contribution in [-0.4, -0.2) is 46.5 Å². The molecule has 3 atom stereocenters. The van der Waals surface area contributed by atoms with Crippen molar-refractivity contribution < 1.29 is 14.7 Å². The summed E-state index contributed by atoms with van der Waals surface area (Å²) >= 11 is 0. The van der Waals surface area contributed by atoms with Gasteiger partial charge in [0.25, 0.3) is 0 Å². The monoisotopic (exact) mass is 496 g/mol. The van der Waals surface area contributed by atoms with E-state index in [1.165, 1.54) is 11.1 Å². The van der Waals surface area contributed by atoms with Crippen molar-refractivity contribution in [2.45, 2.75) is 43.9 Å². The third kappa shape index (κ3) is 4.78. The molecule has 1 aromatic heterocycles. The fourth-order valence-corrected chi connectivity index (χ4v) is 6.47. The van der Waals surface area contributed by atoms with E-state index in [2.05, 4.69) is 28.8 Å². The van der Waals surface area contributed by atoms with E-state index in [-0.39, 0.29) is 30.1 Å². The highest BCUT2D eigenvalue weighted by atomic mass is 16.4. The van der Waals surface area contributed by atoms with Crippen LogP contribution in [0.4, 0.5) is 17.3 Å². The molecule has 3 aliphatic rings. The number of amides is 1. The highest BCUT2D eigenvalue weighted by Gasteiger charge is 2.44. The van der Waals surface area contributed by atoms with Crippen molar-refractivity contribution >= 4 is 29.2 Å². The van der Waals surface area contributed by atoms with E-state index in [1.54, 1.807) is 0 Å². The number of carboxylic acids is 1. The van der Waals surface area contributed by atoms with E-state index in [9.17, 15) is 14.7 Å². The Hall–Kier alpha value is -3.87. The van der Waals surface area contributed by atoms with Crippen molar-refractivity contribution in [1.82, 2.24) is 9.88 Å². The van der Waals surface area contributed by atoms with Gasteiger partial charge in [-0.3, -0.25) is 9.59 Å². The average Bonchev–Trinajstić information content (AvgIpc) is 3.21. The number of piperidine rings is 1. The third-order valence-electron chi connectivity index (χ3n) is 8.17. The molecule has 7 nitrogen and oxygen atoms in total. The maximum Gasteiger partial charge on any atom is 0.303 e. The number of carbonyl (C=O) groups excluding carboxylic acids is 1. The third-order valence-corrected chi connectivity index (χ3v) is 8.17. The van der Waals surface area contributed by atoms with Gasteiger partial charge in [0, 0.05) is 31.2 Å². The van der Waals surface area contributed by atoms with Gasteiger partial charge in [0.05, 0.1) is 12.8 Å². The van der Waals surface area contributed by atoms with E-state index < -0.39 is 5.97 Å². The number of nitrogens with zero attached hydrogens (tertiary/aromatic N) is 2. The van der Waals surface area contributed by atoms with Gasteiger partial charge in [-0.2, -0.15) is 0 Å². The quantitative estimate of drug-likeness (QED) is 0.448. The van der Waals surface area contributed by atoms with E-state index in [0.717, 1.165) is 54.3 Å². The van der Waals surface area contributed by atoms with Crippen molar-refractivity contribution in [2.75, 3.05) is 30.3 Å². The highest BCUT2D eigenvalue weighted by Crippen LogP contribution is 2.51. The van der Waals surface area contributed by atoms with Crippen LogP contribution in [0.25, 0.3) is 0 Å². The minimum absolute atomic E-state index is 0.0334. The van der Waals surface area contributed by atoms with E-state index >= 15 is 0 Å². The van der Waals surface area contributed by atoms with Crippen LogP contribution in [0.2, 0.25) is 0 Å².